The molecule has 0 unspecified atom stereocenters. The molecule has 0 fully saturated rings. The van der Waals surface area contributed by atoms with Gasteiger partial charge >= 0.3 is 0 Å². The van der Waals surface area contributed by atoms with E-state index in [0.29, 0.717) is 0 Å². The second-order valence-corrected chi connectivity index (χ2v) is 16.5. The average molecular weight is 695 g/mol. The van der Waals surface area contributed by atoms with Gasteiger partial charge in [-0.2, -0.15) is 0 Å². The van der Waals surface area contributed by atoms with Gasteiger partial charge in [0.1, 0.15) is 0 Å². The van der Waals surface area contributed by atoms with Crippen LogP contribution in [0, 0.1) is 0 Å². The van der Waals surface area contributed by atoms with Gasteiger partial charge in [0.15, 0.2) is 0 Å². The van der Waals surface area contributed by atoms with Crippen molar-refractivity contribution in [2.75, 3.05) is 0 Å². The van der Waals surface area contributed by atoms with E-state index in [1.165, 1.54) is 198 Å². The Hall–Kier alpha value is -3.12. The lowest BCUT2D eigenvalue weighted by molar-refractivity contribution is 0.632. The van der Waals surface area contributed by atoms with Crippen LogP contribution in [0.5, 0.6) is 0 Å². The lowest BCUT2D eigenvalue weighted by Gasteiger charge is -2.22. The van der Waals surface area contributed by atoms with Gasteiger partial charge < -0.3 is 0 Å². The van der Waals surface area contributed by atoms with Gasteiger partial charge in [-0.25, -0.2) is 0 Å². The van der Waals surface area contributed by atoms with Crippen LogP contribution in [-0.4, -0.2) is 0 Å². The maximum absolute atomic E-state index is 2.62. The quantitative estimate of drug-likeness (QED) is 0.0336. The summed E-state index contributed by atoms with van der Waals surface area (Å²) >= 11 is 0. The van der Waals surface area contributed by atoms with E-state index in [9.17, 15) is 0 Å². The zero-order valence-electron chi connectivity index (χ0n) is 33.7. The van der Waals surface area contributed by atoms with Gasteiger partial charge in [0, 0.05) is 0 Å². The summed E-state index contributed by atoms with van der Waals surface area (Å²) in [6.45, 7) is 9.29. The molecular formula is C52H70. The first-order valence-corrected chi connectivity index (χ1v) is 22.3. The number of benzene rings is 6. The Morgan fingerprint density at radius 3 is 0.962 bits per heavy atom. The van der Waals surface area contributed by atoms with Crippen molar-refractivity contribution in [1.82, 2.24) is 0 Å². The lowest BCUT2D eigenvalue weighted by atomic mass is 9.81. The minimum atomic E-state index is 1.18. The Morgan fingerprint density at radius 1 is 0.269 bits per heavy atom. The van der Waals surface area contributed by atoms with E-state index in [1.807, 2.05) is 0 Å². The highest BCUT2D eigenvalue weighted by Gasteiger charge is 2.21. The van der Waals surface area contributed by atoms with Gasteiger partial charge in [0.05, 0.1) is 0 Å². The van der Waals surface area contributed by atoms with Crippen molar-refractivity contribution in [1.29, 1.82) is 0 Å². The second-order valence-electron chi connectivity index (χ2n) is 16.5. The van der Waals surface area contributed by atoms with Crippen LogP contribution in [0.1, 0.15) is 178 Å². The van der Waals surface area contributed by atoms with Crippen LogP contribution in [0.25, 0.3) is 53.9 Å². The van der Waals surface area contributed by atoms with Crippen molar-refractivity contribution in [3.05, 3.63) is 82.9 Å². The molecule has 0 saturated carbocycles. The van der Waals surface area contributed by atoms with Gasteiger partial charge in [-0.15, -0.1) is 0 Å². The number of hydrogen-bond acceptors (Lipinski definition) is 0. The van der Waals surface area contributed by atoms with Crippen LogP contribution in [0.3, 0.4) is 0 Å². The fourth-order valence-corrected chi connectivity index (χ4v) is 9.37. The van der Waals surface area contributed by atoms with E-state index in [1.54, 1.807) is 32.7 Å². The number of rotatable bonds is 24. The summed E-state index contributed by atoms with van der Waals surface area (Å²) in [6.07, 6.45) is 31.4. The van der Waals surface area contributed by atoms with E-state index >= 15 is 0 Å². The molecule has 0 spiro atoms. The maximum atomic E-state index is 2.62. The van der Waals surface area contributed by atoms with E-state index in [4.69, 9.17) is 0 Å². The predicted octanol–water partition coefficient (Wildman–Crippen LogP) is 16.9. The molecule has 0 heterocycles. The molecule has 0 amide bonds. The number of aryl methyl sites for hydroxylation is 4. The summed E-state index contributed by atoms with van der Waals surface area (Å²) in [5.41, 5.74) is 6.19. The van der Waals surface area contributed by atoms with Gasteiger partial charge in [0.25, 0.3) is 0 Å². The highest BCUT2D eigenvalue weighted by Crippen LogP contribution is 2.48. The molecule has 0 heteroatoms. The molecule has 0 bridgehead atoms. The fraction of sp³-hybridized carbons (Fsp3) is 0.538. The Labute approximate surface area is 317 Å². The molecule has 0 radical (unpaired) electrons. The molecule has 0 aliphatic rings. The van der Waals surface area contributed by atoms with Crippen LogP contribution in [0.2, 0.25) is 0 Å². The second kappa shape index (κ2) is 19.8. The monoisotopic (exact) mass is 695 g/mol. The van der Waals surface area contributed by atoms with Crippen molar-refractivity contribution in [3.63, 3.8) is 0 Å². The molecule has 0 aliphatic heterocycles. The Kier molecular flexibility index (Phi) is 14.7. The molecule has 6 aromatic rings. The van der Waals surface area contributed by atoms with Gasteiger partial charge in [-0.1, -0.05) is 191 Å². The molecule has 0 aliphatic carbocycles. The molecule has 6 rings (SSSR count). The molecule has 0 saturated heterocycles. The molecule has 0 aromatic heterocycles. The third-order valence-corrected chi connectivity index (χ3v) is 12.4. The zero-order chi connectivity index (χ0) is 36.1. The average Bonchev–Trinajstić information content (AvgIpc) is 3.17. The fourth-order valence-electron chi connectivity index (χ4n) is 9.37. The molecule has 0 N–H and O–H groups in total. The first-order chi connectivity index (χ1) is 25.7. The van der Waals surface area contributed by atoms with Gasteiger partial charge in [-0.05, 0) is 127 Å². The maximum Gasteiger partial charge on any atom is -0.00110 e. The Bertz CT molecular complexity index is 1840. The van der Waals surface area contributed by atoms with Crippen molar-refractivity contribution in [2.45, 2.75) is 182 Å². The van der Waals surface area contributed by atoms with Crippen molar-refractivity contribution in [2.24, 2.45) is 0 Å². The largest absolute Gasteiger partial charge is 0.0654 e. The summed E-state index contributed by atoms with van der Waals surface area (Å²) < 4.78 is 0. The number of fused-ring (bicyclic) bond motifs is 6. The van der Waals surface area contributed by atoms with E-state index in [2.05, 4.69) is 88.4 Å². The van der Waals surface area contributed by atoms with Crippen molar-refractivity contribution < 1.29 is 0 Å². The SMILES string of the molecule is CCCCCCCc1ccc2c(c1)c1c(CCCCCCC)ccc3c4ccc(CCCCCCC)cc4c4c(CCCCCCC)ccc2c4c31. The smallest absolute Gasteiger partial charge is 0.00110 e. The number of hydrogen-bond donors (Lipinski definition) is 0. The molecule has 6 aromatic carbocycles. The summed E-state index contributed by atoms with van der Waals surface area (Å²) in [5, 5.41) is 15.1. The summed E-state index contributed by atoms with van der Waals surface area (Å²) in [4.78, 5) is 0. The summed E-state index contributed by atoms with van der Waals surface area (Å²) in [6, 6.07) is 25.3. The summed E-state index contributed by atoms with van der Waals surface area (Å²) in [5.74, 6) is 0. The van der Waals surface area contributed by atoms with Crippen LogP contribution in [0.15, 0.2) is 60.7 Å². The minimum absolute atomic E-state index is 1.18. The van der Waals surface area contributed by atoms with Crippen LogP contribution in [-0.2, 0) is 25.7 Å². The van der Waals surface area contributed by atoms with Crippen LogP contribution < -0.4 is 0 Å². The van der Waals surface area contributed by atoms with Crippen LogP contribution >= 0.6 is 0 Å². The predicted molar refractivity (Wildman–Crippen MR) is 235 cm³/mol. The van der Waals surface area contributed by atoms with Gasteiger partial charge in [0.2, 0.25) is 0 Å². The van der Waals surface area contributed by atoms with E-state index in [0.717, 1.165) is 0 Å². The topological polar surface area (TPSA) is 0 Å². The molecule has 52 heavy (non-hydrogen) atoms. The number of unbranched alkanes of at least 4 members (excludes halogenated alkanes) is 16. The highest BCUT2D eigenvalue weighted by atomic mass is 14.2. The Morgan fingerprint density at radius 2 is 0.596 bits per heavy atom. The third-order valence-electron chi connectivity index (χ3n) is 12.4. The molecular weight excluding hydrogens is 625 g/mol. The molecule has 0 atom stereocenters. The molecule has 0 nitrogen and oxygen atoms in total. The first kappa shape index (κ1) is 38.6. The first-order valence-electron chi connectivity index (χ1n) is 22.3. The van der Waals surface area contributed by atoms with Crippen LogP contribution in [0.4, 0.5) is 0 Å². The van der Waals surface area contributed by atoms with Gasteiger partial charge in [-0.3, -0.25) is 0 Å². The Balaban J connectivity index is 1.55. The zero-order valence-corrected chi connectivity index (χ0v) is 33.7. The normalized spacial score (nSPS) is 12.2. The van der Waals surface area contributed by atoms with E-state index < -0.39 is 0 Å². The highest BCUT2D eigenvalue weighted by molar-refractivity contribution is 6.40. The van der Waals surface area contributed by atoms with Crippen molar-refractivity contribution >= 4 is 53.9 Å². The third kappa shape index (κ3) is 8.97. The lowest BCUT2D eigenvalue weighted by Crippen LogP contribution is -1.98. The summed E-state index contributed by atoms with van der Waals surface area (Å²) in [7, 11) is 0. The standard InChI is InChI=1S/C52H70/c1-5-9-13-17-21-25-39-29-33-43-45-35-32-42(28-24-20-16-12-8-4)50-48-38-40(26-22-18-14-10-6-2)30-34-44(48)46-36-31-41(27-23-19-15-11-7-3)49(47(43)37-39)51(46)52(45)50/h29-38H,5-28H2,1-4H3. The van der Waals surface area contributed by atoms with E-state index in [-0.39, 0.29) is 0 Å². The van der Waals surface area contributed by atoms with Crippen molar-refractivity contribution in [3.8, 4) is 0 Å². The molecule has 278 valence electrons. The minimum Gasteiger partial charge on any atom is -0.0654 e.